The highest BCUT2D eigenvalue weighted by Gasteiger charge is 2.04. The summed E-state index contributed by atoms with van der Waals surface area (Å²) in [4.78, 5) is 10.5. The third-order valence-corrected chi connectivity index (χ3v) is 3.29. The van der Waals surface area contributed by atoms with E-state index < -0.39 is 6.03 Å². The first-order chi connectivity index (χ1) is 12.6. The highest BCUT2D eigenvalue weighted by molar-refractivity contribution is 5.81. The molecule has 0 saturated heterocycles. The fourth-order valence-corrected chi connectivity index (χ4v) is 2.06. The second-order valence-electron chi connectivity index (χ2n) is 5.22. The number of halogens is 1. The quantitative estimate of drug-likeness (QED) is 0.521. The lowest BCUT2D eigenvalue weighted by atomic mass is 10.2. The number of nitrogens with one attached hydrogen (secondary N) is 1. The number of amides is 2. The van der Waals surface area contributed by atoms with Crippen molar-refractivity contribution in [3.05, 3.63) is 71.8 Å². The van der Waals surface area contributed by atoms with Gasteiger partial charge in [0, 0.05) is 0 Å². The third-order valence-electron chi connectivity index (χ3n) is 3.29. The first-order valence-electron chi connectivity index (χ1n) is 7.59. The van der Waals surface area contributed by atoms with Crippen LogP contribution in [0.5, 0.6) is 5.75 Å². The number of ether oxygens (including phenoxy) is 1. The minimum atomic E-state index is -0.727. The van der Waals surface area contributed by atoms with Crippen LogP contribution in [0.15, 0.2) is 59.8 Å². The Morgan fingerprint density at radius 2 is 1.96 bits per heavy atom. The number of rotatable bonds is 6. The molecule has 3 N–H and O–H groups in total. The summed E-state index contributed by atoms with van der Waals surface area (Å²) in [6.45, 7) is 0.234. The van der Waals surface area contributed by atoms with Crippen LogP contribution in [0, 0.1) is 5.82 Å². The molecule has 0 aliphatic carbocycles. The molecule has 1 heterocycles. The molecule has 3 rings (SSSR count). The molecule has 2 amide bonds. The number of hydrogen-bond acceptors (Lipinski definition) is 5. The summed E-state index contributed by atoms with van der Waals surface area (Å²) in [5.41, 5.74) is 9.13. The van der Waals surface area contributed by atoms with E-state index >= 15 is 0 Å². The summed E-state index contributed by atoms with van der Waals surface area (Å²) in [5, 5.41) is 11.7. The number of benzene rings is 2. The molecule has 9 heteroatoms. The Labute approximate surface area is 148 Å². The number of nitrogens with two attached hydrogens (primary N) is 1. The first kappa shape index (κ1) is 17.1. The lowest BCUT2D eigenvalue weighted by Gasteiger charge is -2.04. The second kappa shape index (κ2) is 7.88. The molecule has 26 heavy (non-hydrogen) atoms. The summed E-state index contributed by atoms with van der Waals surface area (Å²) in [5.74, 6) is 0.331. The molecule has 0 spiro atoms. The van der Waals surface area contributed by atoms with Crippen molar-refractivity contribution < 1.29 is 13.9 Å². The van der Waals surface area contributed by atoms with E-state index in [9.17, 15) is 9.18 Å². The number of hydrazone groups is 1. The molecule has 1 aromatic heterocycles. The molecule has 132 valence electrons. The molecule has 0 unspecified atom stereocenters. The number of urea groups is 1. The normalized spacial score (nSPS) is 10.8. The van der Waals surface area contributed by atoms with E-state index in [1.807, 2.05) is 0 Å². The van der Waals surface area contributed by atoms with Gasteiger partial charge in [0.1, 0.15) is 23.9 Å². The van der Waals surface area contributed by atoms with Gasteiger partial charge in [0.25, 0.3) is 0 Å². The van der Waals surface area contributed by atoms with Crippen LogP contribution < -0.4 is 15.9 Å². The van der Waals surface area contributed by atoms with Crippen LogP contribution in [0.3, 0.4) is 0 Å². The van der Waals surface area contributed by atoms with Gasteiger partial charge in [-0.1, -0.05) is 5.21 Å². The Kier molecular flexibility index (Phi) is 5.18. The average Bonchev–Trinajstić information content (AvgIpc) is 3.10. The van der Waals surface area contributed by atoms with Gasteiger partial charge in [-0.25, -0.2) is 19.3 Å². The average molecular weight is 354 g/mol. The van der Waals surface area contributed by atoms with Gasteiger partial charge in [0.2, 0.25) is 0 Å². The van der Waals surface area contributed by atoms with E-state index in [0.29, 0.717) is 17.1 Å². The van der Waals surface area contributed by atoms with Crippen molar-refractivity contribution in [3.8, 4) is 11.4 Å². The van der Waals surface area contributed by atoms with Crippen molar-refractivity contribution in [2.24, 2.45) is 10.8 Å². The molecule has 3 aromatic rings. The highest BCUT2D eigenvalue weighted by Crippen LogP contribution is 2.14. The molecule has 0 aliphatic rings. The fourth-order valence-electron chi connectivity index (χ4n) is 2.06. The lowest BCUT2D eigenvalue weighted by Crippen LogP contribution is -2.24. The zero-order valence-electron chi connectivity index (χ0n) is 13.5. The largest absolute Gasteiger partial charge is 0.487 e. The van der Waals surface area contributed by atoms with Gasteiger partial charge in [0.15, 0.2) is 0 Å². The predicted octanol–water partition coefficient (Wildman–Crippen LogP) is 1.99. The molecule has 0 bridgehead atoms. The monoisotopic (exact) mass is 354 g/mol. The number of nitrogens with zero attached hydrogens (tertiary/aromatic N) is 4. The van der Waals surface area contributed by atoms with Gasteiger partial charge in [-0.05, 0) is 54.1 Å². The van der Waals surface area contributed by atoms with Gasteiger partial charge in [0.05, 0.1) is 18.1 Å². The van der Waals surface area contributed by atoms with E-state index in [0.717, 1.165) is 5.56 Å². The Balaban J connectivity index is 1.56. The molecule has 2 aromatic carbocycles. The van der Waals surface area contributed by atoms with E-state index in [2.05, 4.69) is 20.8 Å². The van der Waals surface area contributed by atoms with Crippen molar-refractivity contribution in [1.29, 1.82) is 0 Å². The summed E-state index contributed by atoms with van der Waals surface area (Å²) < 4.78 is 20.1. The van der Waals surface area contributed by atoms with E-state index in [1.54, 1.807) is 47.3 Å². The zero-order valence-corrected chi connectivity index (χ0v) is 13.5. The van der Waals surface area contributed by atoms with Crippen LogP contribution >= 0.6 is 0 Å². The Morgan fingerprint density at radius 1 is 1.23 bits per heavy atom. The molecular weight excluding hydrogens is 339 g/mol. The molecule has 0 fully saturated rings. The second-order valence-corrected chi connectivity index (χ2v) is 5.22. The van der Waals surface area contributed by atoms with E-state index in [-0.39, 0.29) is 12.4 Å². The van der Waals surface area contributed by atoms with Gasteiger partial charge >= 0.3 is 6.03 Å². The SMILES string of the molecule is NC(=O)N/N=C/c1ccc(OCc2cn(-c3ccc(F)cc3)nn2)cc1. The Hall–Kier alpha value is -3.75. The highest BCUT2D eigenvalue weighted by atomic mass is 19.1. The van der Waals surface area contributed by atoms with Crippen molar-refractivity contribution in [1.82, 2.24) is 20.4 Å². The van der Waals surface area contributed by atoms with E-state index in [4.69, 9.17) is 10.5 Å². The Morgan fingerprint density at radius 3 is 2.65 bits per heavy atom. The molecule has 0 aliphatic heterocycles. The predicted molar refractivity (Wildman–Crippen MR) is 92.4 cm³/mol. The third kappa shape index (κ3) is 4.63. The number of carbonyl (C=O) groups excluding carboxylic acids is 1. The van der Waals surface area contributed by atoms with Gasteiger partial charge in [-0.3, -0.25) is 0 Å². The smallest absolute Gasteiger partial charge is 0.332 e. The van der Waals surface area contributed by atoms with Crippen LogP contribution in [0.4, 0.5) is 9.18 Å². The van der Waals surface area contributed by atoms with Crippen LogP contribution in [0.2, 0.25) is 0 Å². The number of carbonyl (C=O) groups is 1. The van der Waals surface area contributed by atoms with Crippen molar-refractivity contribution >= 4 is 12.2 Å². The van der Waals surface area contributed by atoms with Crippen LogP contribution in [0.1, 0.15) is 11.3 Å². The Bertz CT molecular complexity index is 906. The zero-order chi connectivity index (χ0) is 18.4. The van der Waals surface area contributed by atoms with Crippen molar-refractivity contribution in [2.75, 3.05) is 0 Å². The molecule has 0 atom stereocenters. The van der Waals surface area contributed by atoms with Crippen LogP contribution in [-0.4, -0.2) is 27.2 Å². The summed E-state index contributed by atoms with van der Waals surface area (Å²) in [6.07, 6.45) is 3.17. The van der Waals surface area contributed by atoms with E-state index in [1.165, 1.54) is 18.3 Å². The minimum absolute atomic E-state index is 0.234. The lowest BCUT2D eigenvalue weighted by molar-refractivity contribution is 0.249. The number of hydrogen-bond donors (Lipinski definition) is 2. The fraction of sp³-hybridized carbons (Fsp3) is 0.0588. The van der Waals surface area contributed by atoms with Gasteiger partial charge in [-0.2, -0.15) is 5.10 Å². The summed E-state index contributed by atoms with van der Waals surface area (Å²) >= 11 is 0. The number of primary amides is 1. The van der Waals surface area contributed by atoms with Crippen molar-refractivity contribution in [2.45, 2.75) is 6.61 Å². The summed E-state index contributed by atoms with van der Waals surface area (Å²) in [6, 6.07) is 12.3. The maximum absolute atomic E-state index is 13.0. The number of aromatic nitrogens is 3. The molecule has 0 radical (unpaired) electrons. The standard InChI is InChI=1S/C17H15FN6O2/c18-13-3-5-15(6-4-13)24-10-14(21-23-24)11-26-16-7-1-12(2-8-16)9-20-22-17(19)25/h1-10H,11H2,(H3,19,22,25)/b20-9+. The maximum Gasteiger partial charge on any atom is 0.332 e. The molecular formula is C17H15FN6O2. The minimum Gasteiger partial charge on any atom is -0.487 e. The van der Waals surface area contributed by atoms with Gasteiger partial charge < -0.3 is 10.5 Å². The molecule has 0 saturated carbocycles. The summed E-state index contributed by atoms with van der Waals surface area (Å²) in [7, 11) is 0. The maximum atomic E-state index is 13.0. The van der Waals surface area contributed by atoms with Gasteiger partial charge in [-0.15, -0.1) is 5.10 Å². The molecule has 8 nitrogen and oxygen atoms in total. The van der Waals surface area contributed by atoms with Crippen LogP contribution in [0.25, 0.3) is 5.69 Å². The van der Waals surface area contributed by atoms with Crippen LogP contribution in [-0.2, 0) is 6.61 Å². The van der Waals surface area contributed by atoms with Crippen molar-refractivity contribution in [3.63, 3.8) is 0 Å². The first-order valence-corrected chi connectivity index (χ1v) is 7.59. The topological polar surface area (TPSA) is 107 Å².